The van der Waals surface area contributed by atoms with E-state index >= 15 is 0 Å². The van der Waals surface area contributed by atoms with Crippen LogP contribution in [-0.2, 0) is 16.0 Å². The Bertz CT molecular complexity index is 777. The van der Waals surface area contributed by atoms with Crippen LogP contribution >= 0.6 is 22.9 Å². The summed E-state index contributed by atoms with van der Waals surface area (Å²) in [6.45, 7) is 2.53. The average Bonchev–Trinajstić information content (AvgIpc) is 3.11. The molecule has 7 nitrogen and oxygen atoms in total. The molecule has 26 heavy (non-hydrogen) atoms. The first-order chi connectivity index (χ1) is 12.6. The second-order valence-electron chi connectivity index (χ2n) is 5.81. The van der Waals surface area contributed by atoms with Crippen molar-refractivity contribution in [3.8, 4) is 0 Å². The van der Waals surface area contributed by atoms with Crippen LogP contribution in [0.4, 0.5) is 5.69 Å². The van der Waals surface area contributed by atoms with Gasteiger partial charge in [0.05, 0.1) is 13.2 Å². The Balaban J connectivity index is 1.46. The number of aromatic nitrogens is 2. The van der Waals surface area contributed by atoms with Crippen LogP contribution in [0.3, 0.4) is 0 Å². The summed E-state index contributed by atoms with van der Waals surface area (Å²) in [5.74, 6) is -0.183. The maximum atomic E-state index is 12.2. The number of carbonyl (C=O) groups excluding carboxylic acids is 2. The number of hydrogen-bond donors (Lipinski definition) is 1. The van der Waals surface area contributed by atoms with Gasteiger partial charge in [-0.1, -0.05) is 29.0 Å². The minimum absolute atomic E-state index is 0.136. The fraction of sp³-hybridized carbons (Fsp3) is 0.412. The Morgan fingerprint density at radius 3 is 2.85 bits per heavy atom. The molecule has 2 heterocycles. The number of aryl methyl sites for hydroxylation is 1. The summed E-state index contributed by atoms with van der Waals surface area (Å²) in [5, 5.41) is 12.3. The molecule has 0 atom stereocenters. The van der Waals surface area contributed by atoms with Crippen LogP contribution in [-0.4, -0.2) is 53.2 Å². The number of carbonyl (C=O) groups is 2. The number of anilines is 1. The third-order valence-electron chi connectivity index (χ3n) is 3.89. The van der Waals surface area contributed by atoms with Crippen molar-refractivity contribution in [2.45, 2.75) is 19.3 Å². The molecule has 0 radical (unpaired) electrons. The molecule has 0 aliphatic carbocycles. The molecule has 1 N–H and O–H groups in total. The highest BCUT2D eigenvalue weighted by atomic mass is 35.5. The smallest absolute Gasteiger partial charge is 0.286 e. The van der Waals surface area contributed by atoms with E-state index < -0.39 is 0 Å². The third kappa shape index (κ3) is 5.23. The van der Waals surface area contributed by atoms with Crippen LogP contribution in [0.25, 0.3) is 0 Å². The number of amides is 2. The minimum atomic E-state index is -0.319. The zero-order chi connectivity index (χ0) is 18.4. The van der Waals surface area contributed by atoms with Crippen LogP contribution in [0.1, 0.15) is 27.7 Å². The van der Waals surface area contributed by atoms with Gasteiger partial charge in [-0.3, -0.25) is 9.59 Å². The maximum Gasteiger partial charge on any atom is 0.286 e. The molecular weight excluding hydrogens is 376 g/mol. The molecule has 3 rings (SSSR count). The molecule has 0 bridgehead atoms. The molecule has 2 aromatic rings. The van der Waals surface area contributed by atoms with Crippen LogP contribution in [0.2, 0.25) is 5.02 Å². The Morgan fingerprint density at radius 2 is 2.08 bits per heavy atom. The lowest BCUT2D eigenvalue weighted by Gasteiger charge is -2.26. The maximum absolute atomic E-state index is 12.2. The Hall–Kier alpha value is -2.03. The average molecular weight is 395 g/mol. The van der Waals surface area contributed by atoms with Gasteiger partial charge in [-0.2, -0.15) is 0 Å². The lowest BCUT2D eigenvalue weighted by molar-refractivity contribution is -0.135. The van der Waals surface area contributed by atoms with E-state index in [4.69, 9.17) is 16.3 Å². The Morgan fingerprint density at radius 1 is 1.27 bits per heavy atom. The largest absolute Gasteiger partial charge is 0.378 e. The quantitative estimate of drug-likeness (QED) is 0.814. The molecule has 0 spiro atoms. The number of ether oxygens (including phenoxy) is 1. The molecule has 1 fully saturated rings. The van der Waals surface area contributed by atoms with Gasteiger partial charge >= 0.3 is 0 Å². The van der Waals surface area contributed by atoms with Gasteiger partial charge in [-0.15, -0.1) is 10.2 Å². The van der Waals surface area contributed by atoms with Gasteiger partial charge in [0.1, 0.15) is 5.01 Å². The Labute approximate surface area is 160 Å². The zero-order valence-corrected chi connectivity index (χ0v) is 15.7. The predicted molar refractivity (Wildman–Crippen MR) is 99.7 cm³/mol. The van der Waals surface area contributed by atoms with E-state index in [0.717, 1.165) is 5.01 Å². The molecule has 1 aliphatic rings. The highest BCUT2D eigenvalue weighted by Gasteiger charge is 2.17. The van der Waals surface area contributed by atoms with Gasteiger partial charge in [0.15, 0.2) is 0 Å². The number of nitrogens with zero attached hydrogens (tertiary/aromatic N) is 3. The van der Waals surface area contributed by atoms with Crippen molar-refractivity contribution in [1.29, 1.82) is 0 Å². The monoisotopic (exact) mass is 394 g/mol. The van der Waals surface area contributed by atoms with Crippen LogP contribution in [0, 0.1) is 0 Å². The van der Waals surface area contributed by atoms with E-state index in [1.165, 1.54) is 11.3 Å². The molecule has 1 saturated heterocycles. The van der Waals surface area contributed by atoms with Crippen molar-refractivity contribution in [3.63, 3.8) is 0 Å². The van der Waals surface area contributed by atoms with Crippen molar-refractivity contribution in [1.82, 2.24) is 15.1 Å². The van der Waals surface area contributed by atoms with E-state index in [0.29, 0.717) is 61.3 Å². The fourth-order valence-corrected chi connectivity index (χ4v) is 3.53. The first kappa shape index (κ1) is 18.8. The molecule has 0 saturated carbocycles. The summed E-state index contributed by atoms with van der Waals surface area (Å²) < 4.78 is 5.24. The zero-order valence-electron chi connectivity index (χ0n) is 14.1. The molecule has 1 aliphatic heterocycles. The van der Waals surface area contributed by atoms with Crippen molar-refractivity contribution in [3.05, 3.63) is 39.3 Å². The molecule has 2 amide bonds. The van der Waals surface area contributed by atoms with Crippen LogP contribution < -0.4 is 5.32 Å². The minimum Gasteiger partial charge on any atom is -0.378 e. The SMILES string of the molecule is O=C(Nc1cccc(Cl)c1)c1nnc(CCCC(=O)N2CCOCC2)s1. The standard InChI is InChI=1S/C17H19ClN4O3S/c18-12-3-1-4-13(11-12)19-16(24)17-21-20-14(26-17)5-2-6-15(23)22-7-9-25-10-8-22/h1,3-4,11H,2,5-10H2,(H,19,24). The lowest BCUT2D eigenvalue weighted by Crippen LogP contribution is -2.40. The molecule has 0 unspecified atom stereocenters. The van der Waals surface area contributed by atoms with Gasteiger partial charge in [0.2, 0.25) is 10.9 Å². The predicted octanol–water partition coefficient (Wildman–Crippen LogP) is 2.63. The lowest BCUT2D eigenvalue weighted by atomic mass is 10.2. The molecule has 1 aromatic heterocycles. The molecule has 1 aromatic carbocycles. The summed E-state index contributed by atoms with van der Waals surface area (Å²) in [6, 6.07) is 6.91. The summed E-state index contributed by atoms with van der Waals surface area (Å²) in [6.07, 6.45) is 1.77. The van der Waals surface area contributed by atoms with Gasteiger partial charge in [-0.05, 0) is 24.6 Å². The van der Waals surface area contributed by atoms with Gasteiger partial charge < -0.3 is 15.0 Å². The van der Waals surface area contributed by atoms with Crippen LogP contribution in [0.5, 0.6) is 0 Å². The van der Waals surface area contributed by atoms with E-state index in [1.807, 2.05) is 4.90 Å². The number of halogens is 1. The fourth-order valence-electron chi connectivity index (χ4n) is 2.56. The summed E-state index contributed by atoms with van der Waals surface area (Å²) in [4.78, 5) is 26.1. The number of benzene rings is 1. The second kappa shape index (κ2) is 9.07. The normalized spacial score (nSPS) is 14.3. The Kier molecular flexibility index (Phi) is 6.54. The van der Waals surface area contributed by atoms with Crippen molar-refractivity contribution in [2.75, 3.05) is 31.6 Å². The third-order valence-corrected chi connectivity index (χ3v) is 5.11. The van der Waals surface area contributed by atoms with E-state index in [-0.39, 0.29) is 11.8 Å². The number of rotatable bonds is 6. The van der Waals surface area contributed by atoms with Gasteiger partial charge in [0, 0.05) is 36.6 Å². The highest BCUT2D eigenvalue weighted by Crippen LogP contribution is 2.18. The first-order valence-corrected chi connectivity index (χ1v) is 9.56. The molecule has 9 heteroatoms. The van der Waals surface area contributed by atoms with E-state index in [1.54, 1.807) is 24.3 Å². The van der Waals surface area contributed by atoms with Gasteiger partial charge in [0.25, 0.3) is 5.91 Å². The summed E-state index contributed by atoms with van der Waals surface area (Å²) >= 11 is 7.14. The van der Waals surface area contributed by atoms with Gasteiger partial charge in [-0.25, -0.2) is 0 Å². The van der Waals surface area contributed by atoms with E-state index in [2.05, 4.69) is 15.5 Å². The van der Waals surface area contributed by atoms with Crippen molar-refractivity contribution in [2.24, 2.45) is 0 Å². The molecule has 138 valence electrons. The van der Waals surface area contributed by atoms with E-state index in [9.17, 15) is 9.59 Å². The highest BCUT2D eigenvalue weighted by molar-refractivity contribution is 7.13. The summed E-state index contributed by atoms with van der Waals surface area (Å²) in [7, 11) is 0. The van der Waals surface area contributed by atoms with Crippen molar-refractivity contribution >= 4 is 40.4 Å². The number of nitrogens with one attached hydrogen (secondary N) is 1. The number of hydrogen-bond acceptors (Lipinski definition) is 6. The van der Waals surface area contributed by atoms with Crippen molar-refractivity contribution < 1.29 is 14.3 Å². The number of morpholine rings is 1. The topological polar surface area (TPSA) is 84.4 Å². The van der Waals surface area contributed by atoms with Crippen LogP contribution in [0.15, 0.2) is 24.3 Å². The summed E-state index contributed by atoms with van der Waals surface area (Å²) in [5.41, 5.74) is 0.607. The molecular formula is C17H19ClN4O3S. The first-order valence-electron chi connectivity index (χ1n) is 8.36. The second-order valence-corrected chi connectivity index (χ2v) is 7.31.